The Bertz CT molecular complexity index is 847. The lowest BCUT2D eigenvalue weighted by atomic mass is 10.0. The predicted molar refractivity (Wildman–Crippen MR) is 95.7 cm³/mol. The van der Waals surface area contributed by atoms with Gasteiger partial charge in [0.25, 0.3) is 5.91 Å². The Labute approximate surface area is 150 Å². The molecule has 0 atom stereocenters. The monoisotopic (exact) mass is 348 g/mol. The minimum Gasteiger partial charge on any atom is -0.472 e. The molecule has 130 valence electrons. The van der Waals surface area contributed by atoms with Crippen molar-refractivity contribution in [2.75, 3.05) is 6.61 Å². The van der Waals surface area contributed by atoms with E-state index in [-0.39, 0.29) is 5.56 Å². The smallest absolute Gasteiger partial charge is 0.341 e. The molecule has 0 bridgehead atoms. The van der Waals surface area contributed by atoms with Gasteiger partial charge in [-0.2, -0.15) is 5.10 Å². The van der Waals surface area contributed by atoms with E-state index in [1.54, 1.807) is 0 Å². The highest BCUT2D eigenvalue weighted by Gasteiger charge is 2.12. The molecule has 0 aliphatic carbocycles. The fourth-order valence-electron chi connectivity index (χ4n) is 2.23. The van der Waals surface area contributed by atoms with Crippen LogP contribution in [-0.4, -0.2) is 24.2 Å². The van der Waals surface area contributed by atoms with Gasteiger partial charge in [-0.3, -0.25) is 4.79 Å². The highest BCUT2D eigenvalue weighted by Crippen LogP contribution is 2.10. The van der Waals surface area contributed by atoms with Crippen LogP contribution in [0.2, 0.25) is 0 Å². The number of rotatable bonds is 6. The van der Waals surface area contributed by atoms with Crippen LogP contribution in [0.1, 0.15) is 21.5 Å². The fraction of sp³-hybridized carbons (Fsp3) is 0.0500. The topological polar surface area (TPSA) is 80.9 Å². The summed E-state index contributed by atoms with van der Waals surface area (Å²) in [6, 6.07) is 20.4. The molecule has 6 heteroatoms. The number of esters is 1. The van der Waals surface area contributed by atoms with E-state index in [2.05, 4.69) is 10.5 Å². The second-order valence-electron chi connectivity index (χ2n) is 5.32. The molecule has 0 aliphatic heterocycles. The Hall–Kier alpha value is -3.67. The number of hydrogen-bond acceptors (Lipinski definition) is 5. The Kier molecular flexibility index (Phi) is 5.57. The Morgan fingerprint density at radius 3 is 2.04 bits per heavy atom. The number of nitrogens with one attached hydrogen (secondary N) is 1. The van der Waals surface area contributed by atoms with Crippen LogP contribution >= 0.6 is 0 Å². The van der Waals surface area contributed by atoms with E-state index >= 15 is 0 Å². The number of carbonyl (C=O) groups excluding carboxylic acids is 2. The van der Waals surface area contributed by atoms with Crippen molar-refractivity contribution in [2.45, 2.75) is 0 Å². The second-order valence-corrected chi connectivity index (χ2v) is 5.32. The minimum atomic E-state index is -0.635. The van der Waals surface area contributed by atoms with E-state index in [0.29, 0.717) is 5.71 Å². The fourth-order valence-corrected chi connectivity index (χ4v) is 2.23. The molecule has 0 aliphatic rings. The second kappa shape index (κ2) is 8.43. The van der Waals surface area contributed by atoms with Gasteiger partial charge in [-0.25, -0.2) is 10.2 Å². The summed E-state index contributed by atoms with van der Waals surface area (Å²) in [5.41, 5.74) is 5.00. The van der Waals surface area contributed by atoms with Crippen molar-refractivity contribution in [3.8, 4) is 0 Å². The van der Waals surface area contributed by atoms with E-state index < -0.39 is 18.5 Å². The van der Waals surface area contributed by atoms with Gasteiger partial charge in [0.1, 0.15) is 6.26 Å². The molecule has 26 heavy (non-hydrogen) atoms. The largest absolute Gasteiger partial charge is 0.472 e. The molecule has 0 saturated heterocycles. The van der Waals surface area contributed by atoms with Crippen molar-refractivity contribution in [2.24, 2.45) is 5.10 Å². The molecule has 0 saturated carbocycles. The van der Waals surface area contributed by atoms with Gasteiger partial charge in [-0.15, -0.1) is 0 Å². The highest BCUT2D eigenvalue weighted by molar-refractivity contribution is 6.13. The van der Waals surface area contributed by atoms with Crippen LogP contribution in [0.3, 0.4) is 0 Å². The number of furan rings is 1. The SMILES string of the molecule is O=C(COC(=O)c1ccoc1)NN=C(c1ccccc1)c1ccccc1. The summed E-state index contributed by atoms with van der Waals surface area (Å²) in [6.45, 7) is -0.440. The summed E-state index contributed by atoms with van der Waals surface area (Å²) in [7, 11) is 0. The first-order valence-electron chi connectivity index (χ1n) is 7.91. The van der Waals surface area contributed by atoms with Gasteiger partial charge in [0.05, 0.1) is 17.5 Å². The quantitative estimate of drug-likeness (QED) is 0.422. The molecule has 1 N–H and O–H groups in total. The maximum absolute atomic E-state index is 12.0. The maximum atomic E-state index is 12.0. The molecule has 0 unspecified atom stereocenters. The first kappa shape index (κ1) is 17.2. The third-order valence-electron chi connectivity index (χ3n) is 3.48. The number of ether oxygens (including phenoxy) is 1. The van der Waals surface area contributed by atoms with Crippen LogP contribution in [0.5, 0.6) is 0 Å². The molecular formula is C20H16N2O4. The van der Waals surface area contributed by atoms with Gasteiger partial charge >= 0.3 is 5.97 Å². The number of nitrogens with zero attached hydrogens (tertiary/aromatic N) is 1. The summed E-state index contributed by atoms with van der Waals surface area (Å²) in [5, 5.41) is 4.21. The molecule has 0 spiro atoms. The molecule has 1 heterocycles. The standard InChI is InChI=1S/C20H16N2O4/c23-18(14-26-20(24)17-11-12-25-13-17)21-22-19(15-7-3-1-4-8-15)16-9-5-2-6-10-16/h1-13H,14H2,(H,21,23). The van der Waals surface area contributed by atoms with Crippen molar-refractivity contribution >= 4 is 17.6 Å². The lowest BCUT2D eigenvalue weighted by Crippen LogP contribution is -2.26. The van der Waals surface area contributed by atoms with Gasteiger partial charge < -0.3 is 9.15 Å². The van der Waals surface area contributed by atoms with Crippen molar-refractivity contribution in [3.05, 3.63) is 95.9 Å². The van der Waals surface area contributed by atoms with Crippen LogP contribution in [0.15, 0.2) is 88.8 Å². The summed E-state index contributed by atoms with van der Waals surface area (Å²) >= 11 is 0. The maximum Gasteiger partial charge on any atom is 0.341 e. The van der Waals surface area contributed by atoms with Crippen LogP contribution in [0.25, 0.3) is 0 Å². The van der Waals surface area contributed by atoms with Crippen molar-refractivity contribution in [3.63, 3.8) is 0 Å². The molecule has 3 aromatic rings. The summed E-state index contributed by atoms with van der Waals surface area (Å²) in [5.74, 6) is -1.17. The lowest BCUT2D eigenvalue weighted by Gasteiger charge is -2.08. The number of benzene rings is 2. The molecule has 6 nitrogen and oxygen atoms in total. The lowest BCUT2D eigenvalue weighted by molar-refractivity contribution is -0.124. The molecule has 1 amide bonds. The third kappa shape index (κ3) is 4.45. The number of hydrogen-bond donors (Lipinski definition) is 1. The van der Waals surface area contributed by atoms with E-state index in [9.17, 15) is 9.59 Å². The zero-order chi connectivity index (χ0) is 18.2. The molecule has 1 aromatic heterocycles. The molecule has 0 radical (unpaired) electrons. The summed E-state index contributed by atoms with van der Waals surface area (Å²) in [4.78, 5) is 23.7. The van der Waals surface area contributed by atoms with Gasteiger partial charge in [0, 0.05) is 11.1 Å². The Morgan fingerprint density at radius 1 is 0.885 bits per heavy atom. The average Bonchev–Trinajstić information content (AvgIpc) is 3.23. The van der Waals surface area contributed by atoms with Crippen LogP contribution in [0, 0.1) is 0 Å². The van der Waals surface area contributed by atoms with Crippen LogP contribution in [0.4, 0.5) is 0 Å². The zero-order valence-electron chi connectivity index (χ0n) is 13.8. The van der Waals surface area contributed by atoms with E-state index in [4.69, 9.17) is 9.15 Å². The number of amides is 1. The molecule has 2 aromatic carbocycles. The summed E-state index contributed by atoms with van der Waals surface area (Å²) in [6.07, 6.45) is 2.61. The first-order valence-corrected chi connectivity index (χ1v) is 7.91. The predicted octanol–water partition coefficient (Wildman–Crippen LogP) is 3.01. The third-order valence-corrected chi connectivity index (χ3v) is 3.48. The molecule has 3 rings (SSSR count). The summed E-state index contributed by atoms with van der Waals surface area (Å²) < 4.78 is 9.71. The van der Waals surface area contributed by atoms with E-state index in [0.717, 1.165) is 11.1 Å². The highest BCUT2D eigenvalue weighted by atomic mass is 16.5. The molecular weight excluding hydrogens is 332 g/mol. The van der Waals surface area contributed by atoms with Crippen LogP contribution in [-0.2, 0) is 9.53 Å². The Morgan fingerprint density at radius 2 is 1.50 bits per heavy atom. The van der Waals surface area contributed by atoms with Crippen LogP contribution < -0.4 is 5.43 Å². The van der Waals surface area contributed by atoms with Gasteiger partial charge in [0.2, 0.25) is 0 Å². The Balaban J connectivity index is 1.68. The number of hydrazone groups is 1. The van der Waals surface area contributed by atoms with E-state index in [1.165, 1.54) is 18.6 Å². The van der Waals surface area contributed by atoms with Crippen molar-refractivity contribution < 1.29 is 18.7 Å². The average molecular weight is 348 g/mol. The minimum absolute atomic E-state index is 0.246. The number of carbonyl (C=O) groups is 2. The molecule has 0 fully saturated rings. The van der Waals surface area contributed by atoms with E-state index in [1.807, 2.05) is 60.7 Å². The van der Waals surface area contributed by atoms with Crippen molar-refractivity contribution in [1.82, 2.24) is 5.43 Å². The van der Waals surface area contributed by atoms with Crippen molar-refractivity contribution in [1.29, 1.82) is 0 Å². The van der Waals surface area contributed by atoms with Gasteiger partial charge in [-0.1, -0.05) is 60.7 Å². The van der Waals surface area contributed by atoms with Gasteiger partial charge in [-0.05, 0) is 6.07 Å². The zero-order valence-corrected chi connectivity index (χ0v) is 13.8. The normalized spacial score (nSPS) is 10.0. The first-order chi connectivity index (χ1) is 12.7. The van der Waals surface area contributed by atoms with Gasteiger partial charge in [0.15, 0.2) is 6.61 Å².